The second-order valence-corrected chi connectivity index (χ2v) is 7.81. The van der Waals surface area contributed by atoms with Crippen molar-refractivity contribution in [2.24, 2.45) is 0 Å². The van der Waals surface area contributed by atoms with Crippen molar-refractivity contribution in [3.8, 4) is 21.8 Å². The number of pyridine rings is 1. The molecule has 0 bridgehead atoms. The second kappa shape index (κ2) is 7.98. The fraction of sp³-hybridized carbons (Fsp3) is 0. The van der Waals surface area contributed by atoms with Crippen molar-refractivity contribution in [1.82, 2.24) is 9.97 Å². The molecule has 4 aromatic rings. The average molecular weight is 483 g/mol. The van der Waals surface area contributed by atoms with Crippen LogP contribution >= 0.6 is 33.9 Å². The van der Waals surface area contributed by atoms with Gasteiger partial charge in [-0.05, 0) is 59.0 Å². The van der Waals surface area contributed by atoms with Gasteiger partial charge in [-0.25, -0.2) is 4.98 Å². The van der Waals surface area contributed by atoms with Gasteiger partial charge in [-0.1, -0.05) is 24.3 Å². The van der Waals surface area contributed by atoms with Crippen molar-refractivity contribution in [3.63, 3.8) is 0 Å². The minimum absolute atomic E-state index is 0.118. The van der Waals surface area contributed by atoms with Crippen LogP contribution in [0.2, 0.25) is 0 Å². The van der Waals surface area contributed by atoms with E-state index in [1.54, 1.807) is 23.7 Å². The van der Waals surface area contributed by atoms with Gasteiger partial charge in [0.2, 0.25) is 0 Å². The van der Waals surface area contributed by atoms with Crippen molar-refractivity contribution in [1.29, 1.82) is 0 Å². The Bertz CT molecular complexity index is 1100. The van der Waals surface area contributed by atoms with Gasteiger partial charge in [-0.2, -0.15) is 0 Å². The fourth-order valence-corrected chi connectivity index (χ4v) is 4.10. The predicted octanol–water partition coefficient (Wildman–Crippen LogP) is 5.73. The van der Waals surface area contributed by atoms with Crippen molar-refractivity contribution < 1.29 is 4.79 Å². The standard InChI is InChI=1S/C21H14IN3OS/c22-18-7-2-1-6-17(18)20(26)24-16-5-3-4-15(12-16)19-13-27-21(25-19)14-8-10-23-11-9-14/h1-13H,(H,24,26). The van der Waals surface area contributed by atoms with Crippen LogP contribution < -0.4 is 5.32 Å². The molecule has 2 heterocycles. The van der Waals surface area contributed by atoms with E-state index in [-0.39, 0.29) is 5.91 Å². The highest BCUT2D eigenvalue weighted by Crippen LogP contribution is 2.29. The molecule has 2 aromatic heterocycles. The lowest BCUT2D eigenvalue weighted by Crippen LogP contribution is -2.13. The molecule has 0 saturated heterocycles. The summed E-state index contributed by atoms with van der Waals surface area (Å²) >= 11 is 3.76. The minimum Gasteiger partial charge on any atom is -0.322 e. The van der Waals surface area contributed by atoms with Crippen LogP contribution in [0.5, 0.6) is 0 Å². The molecule has 2 aromatic carbocycles. The molecule has 4 rings (SSSR count). The molecule has 0 aliphatic carbocycles. The van der Waals surface area contributed by atoms with Gasteiger partial charge in [0, 0.05) is 38.2 Å². The quantitative estimate of drug-likeness (QED) is 0.378. The number of carbonyl (C=O) groups is 1. The summed E-state index contributed by atoms with van der Waals surface area (Å²) in [5.74, 6) is -0.118. The Morgan fingerprint density at radius 3 is 2.59 bits per heavy atom. The van der Waals surface area contributed by atoms with Gasteiger partial charge < -0.3 is 5.32 Å². The summed E-state index contributed by atoms with van der Waals surface area (Å²) in [6.45, 7) is 0. The van der Waals surface area contributed by atoms with E-state index in [2.05, 4.69) is 32.9 Å². The molecule has 1 amide bonds. The lowest BCUT2D eigenvalue weighted by Gasteiger charge is -2.08. The third kappa shape index (κ3) is 4.06. The Kier molecular flexibility index (Phi) is 5.26. The number of carbonyl (C=O) groups excluding carboxylic acids is 1. The summed E-state index contributed by atoms with van der Waals surface area (Å²) < 4.78 is 0.922. The van der Waals surface area contributed by atoms with Crippen molar-refractivity contribution >= 4 is 45.5 Å². The molecular weight excluding hydrogens is 469 g/mol. The average Bonchev–Trinajstić information content (AvgIpc) is 3.19. The molecule has 0 fully saturated rings. The lowest BCUT2D eigenvalue weighted by molar-refractivity contribution is 0.102. The molecule has 0 aliphatic rings. The predicted molar refractivity (Wildman–Crippen MR) is 118 cm³/mol. The highest BCUT2D eigenvalue weighted by atomic mass is 127. The molecule has 6 heteroatoms. The molecule has 132 valence electrons. The van der Waals surface area contributed by atoms with Crippen LogP contribution in [0.3, 0.4) is 0 Å². The summed E-state index contributed by atoms with van der Waals surface area (Å²) in [4.78, 5) is 21.3. The molecule has 0 saturated carbocycles. The molecule has 0 unspecified atom stereocenters. The van der Waals surface area contributed by atoms with E-state index in [0.717, 1.165) is 31.1 Å². The van der Waals surface area contributed by atoms with Gasteiger partial charge in [-0.3, -0.25) is 9.78 Å². The molecule has 0 atom stereocenters. The molecule has 0 aliphatic heterocycles. The molecule has 4 nitrogen and oxygen atoms in total. The van der Waals surface area contributed by atoms with Crippen LogP contribution in [-0.2, 0) is 0 Å². The van der Waals surface area contributed by atoms with Crippen LogP contribution in [-0.4, -0.2) is 15.9 Å². The van der Waals surface area contributed by atoms with E-state index in [9.17, 15) is 4.79 Å². The van der Waals surface area contributed by atoms with E-state index in [1.807, 2.05) is 66.0 Å². The summed E-state index contributed by atoms with van der Waals surface area (Å²) in [7, 11) is 0. The van der Waals surface area contributed by atoms with Gasteiger partial charge in [0.25, 0.3) is 5.91 Å². The number of amides is 1. The maximum atomic E-state index is 12.5. The number of thiazole rings is 1. The van der Waals surface area contributed by atoms with E-state index < -0.39 is 0 Å². The number of hydrogen-bond acceptors (Lipinski definition) is 4. The SMILES string of the molecule is O=C(Nc1cccc(-c2csc(-c3ccncc3)n2)c1)c1ccccc1I. The van der Waals surface area contributed by atoms with Gasteiger partial charge in [0.1, 0.15) is 5.01 Å². The first-order valence-electron chi connectivity index (χ1n) is 8.23. The Hall–Kier alpha value is -2.58. The van der Waals surface area contributed by atoms with Crippen molar-refractivity contribution in [2.45, 2.75) is 0 Å². The summed E-state index contributed by atoms with van der Waals surface area (Å²) in [5.41, 5.74) is 4.31. The first-order valence-corrected chi connectivity index (χ1v) is 10.2. The molecule has 27 heavy (non-hydrogen) atoms. The van der Waals surface area contributed by atoms with Gasteiger partial charge in [-0.15, -0.1) is 11.3 Å². The van der Waals surface area contributed by atoms with Crippen LogP contribution in [0.4, 0.5) is 5.69 Å². The van der Waals surface area contributed by atoms with E-state index >= 15 is 0 Å². The Morgan fingerprint density at radius 2 is 1.78 bits per heavy atom. The number of rotatable bonds is 4. The van der Waals surface area contributed by atoms with Crippen LogP contribution in [0, 0.1) is 3.57 Å². The van der Waals surface area contributed by atoms with Gasteiger partial charge in [0.15, 0.2) is 0 Å². The van der Waals surface area contributed by atoms with Gasteiger partial charge in [0.05, 0.1) is 11.3 Å². The van der Waals surface area contributed by atoms with Crippen LogP contribution in [0.1, 0.15) is 10.4 Å². The number of halogens is 1. The van der Waals surface area contributed by atoms with E-state index in [4.69, 9.17) is 4.98 Å². The number of hydrogen-bond donors (Lipinski definition) is 1. The van der Waals surface area contributed by atoms with Crippen molar-refractivity contribution in [3.05, 3.63) is 87.6 Å². The maximum absolute atomic E-state index is 12.5. The monoisotopic (exact) mass is 483 g/mol. The first-order chi connectivity index (χ1) is 13.2. The highest BCUT2D eigenvalue weighted by Gasteiger charge is 2.11. The summed E-state index contributed by atoms with van der Waals surface area (Å²) in [5, 5.41) is 5.94. The fourth-order valence-electron chi connectivity index (χ4n) is 2.63. The Balaban J connectivity index is 1.57. The maximum Gasteiger partial charge on any atom is 0.256 e. The third-order valence-electron chi connectivity index (χ3n) is 3.97. The van der Waals surface area contributed by atoms with Crippen molar-refractivity contribution in [2.75, 3.05) is 5.32 Å². The van der Waals surface area contributed by atoms with E-state index in [1.165, 1.54) is 0 Å². The Morgan fingerprint density at radius 1 is 0.963 bits per heavy atom. The topological polar surface area (TPSA) is 54.9 Å². The number of anilines is 1. The zero-order valence-corrected chi connectivity index (χ0v) is 17.1. The highest BCUT2D eigenvalue weighted by molar-refractivity contribution is 14.1. The second-order valence-electron chi connectivity index (χ2n) is 5.79. The lowest BCUT2D eigenvalue weighted by atomic mass is 10.1. The molecule has 1 N–H and O–H groups in total. The number of benzene rings is 2. The van der Waals surface area contributed by atoms with E-state index in [0.29, 0.717) is 5.56 Å². The summed E-state index contributed by atoms with van der Waals surface area (Å²) in [6, 6.07) is 19.2. The number of nitrogens with one attached hydrogen (secondary N) is 1. The normalized spacial score (nSPS) is 10.6. The third-order valence-corrected chi connectivity index (χ3v) is 5.80. The Labute approximate surface area is 174 Å². The molecule has 0 spiro atoms. The van der Waals surface area contributed by atoms with Crippen LogP contribution in [0.15, 0.2) is 78.4 Å². The molecular formula is C21H14IN3OS. The van der Waals surface area contributed by atoms with Crippen LogP contribution in [0.25, 0.3) is 21.8 Å². The molecule has 0 radical (unpaired) electrons. The van der Waals surface area contributed by atoms with Gasteiger partial charge >= 0.3 is 0 Å². The largest absolute Gasteiger partial charge is 0.322 e. The smallest absolute Gasteiger partial charge is 0.256 e. The number of nitrogens with zero attached hydrogens (tertiary/aromatic N) is 2. The summed E-state index contributed by atoms with van der Waals surface area (Å²) in [6.07, 6.45) is 3.52. The zero-order chi connectivity index (χ0) is 18.6. The number of aromatic nitrogens is 2. The zero-order valence-electron chi connectivity index (χ0n) is 14.1. The first kappa shape index (κ1) is 17.8. The minimum atomic E-state index is -0.118.